The van der Waals surface area contributed by atoms with E-state index in [2.05, 4.69) is 0 Å². The van der Waals surface area contributed by atoms with Gasteiger partial charge in [0.1, 0.15) is 0 Å². The molecule has 132 valence electrons. The van der Waals surface area contributed by atoms with Gasteiger partial charge in [0.25, 0.3) is 5.91 Å². The molecule has 2 rings (SSSR count). The van der Waals surface area contributed by atoms with Crippen LogP contribution in [0.4, 0.5) is 4.79 Å². The Kier molecular flexibility index (Phi) is 5.26. The number of carbonyl (C=O) groups is 3. The normalized spacial score (nSPS) is 11.7. The number of nitrogens with two attached hydrogens (primary N) is 1. The predicted octanol–water partition coefficient (Wildman–Crippen LogP) is 2.14. The van der Waals surface area contributed by atoms with Crippen molar-refractivity contribution in [1.29, 1.82) is 0 Å². The molecule has 1 aromatic carbocycles. The molecule has 7 nitrogen and oxygen atoms in total. The average Bonchev–Trinajstić information content (AvgIpc) is 2.82. The minimum atomic E-state index is -1.14. The van der Waals surface area contributed by atoms with Crippen molar-refractivity contribution in [3.8, 4) is 5.69 Å². The molecule has 3 N–H and O–H groups in total. The van der Waals surface area contributed by atoms with Crippen LogP contribution in [0.1, 0.15) is 34.2 Å². The number of hydrogen-bond acceptors (Lipinski definition) is 4. The van der Waals surface area contributed by atoms with E-state index in [0.29, 0.717) is 11.3 Å². The summed E-state index contributed by atoms with van der Waals surface area (Å²) in [6, 6.07) is 8.62. The first-order valence-electron chi connectivity index (χ1n) is 7.78. The van der Waals surface area contributed by atoms with Crippen molar-refractivity contribution in [1.82, 2.24) is 9.88 Å². The number of amides is 3. The molecule has 0 bridgehead atoms. The van der Waals surface area contributed by atoms with Gasteiger partial charge >= 0.3 is 12.0 Å². The zero-order chi connectivity index (χ0) is 18.7. The van der Waals surface area contributed by atoms with Gasteiger partial charge in [0.15, 0.2) is 6.10 Å². The number of rotatable bonds is 4. The maximum absolute atomic E-state index is 12.4. The fourth-order valence-electron chi connectivity index (χ4n) is 2.56. The Morgan fingerprint density at radius 3 is 2.28 bits per heavy atom. The van der Waals surface area contributed by atoms with Crippen molar-refractivity contribution in [2.75, 3.05) is 0 Å². The van der Waals surface area contributed by atoms with Gasteiger partial charge in [-0.3, -0.25) is 10.1 Å². The fourth-order valence-corrected chi connectivity index (χ4v) is 2.56. The number of primary amides is 1. The Balaban J connectivity index is 2.24. The van der Waals surface area contributed by atoms with Crippen LogP contribution in [0.15, 0.2) is 30.3 Å². The number of nitrogens with zero attached hydrogens (tertiary/aromatic N) is 1. The summed E-state index contributed by atoms with van der Waals surface area (Å²) < 4.78 is 7.07. The van der Waals surface area contributed by atoms with E-state index < -0.39 is 24.0 Å². The van der Waals surface area contributed by atoms with Gasteiger partial charge in [-0.1, -0.05) is 17.7 Å². The predicted molar refractivity (Wildman–Crippen MR) is 92.6 cm³/mol. The number of ether oxygens (including phenoxy) is 1. The molecule has 0 aliphatic carbocycles. The van der Waals surface area contributed by atoms with Crippen LogP contribution >= 0.6 is 0 Å². The van der Waals surface area contributed by atoms with Crippen LogP contribution in [-0.4, -0.2) is 28.6 Å². The summed E-state index contributed by atoms with van der Waals surface area (Å²) in [5, 5.41) is 1.88. The largest absolute Gasteiger partial charge is 0.449 e. The molecule has 0 aliphatic rings. The Labute approximate surface area is 145 Å². The number of aromatic nitrogens is 1. The first kappa shape index (κ1) is 18.3. The topological polar surface area (TPSA) is 103 Å². The first-order chi connectivity index (χ1) is 11.7. The quantitative estimate of drug-likeness (QED) is 0.830. The Morgan fingerprint density at radius 1 is 1.12 bits per heavy atom. The number of carbonyl (C=O) groups excluding carboxylic acids is 3. The van der Waals surface area contributed by atoms with E-state index in [4.69, 9.17) is 10.5 Å². The van der Waals surface area contributed by atoms with Crippen LogP contribution in [0.2, 0.25) is 0 Å². The van der Waals surface area contributed by atoms with Crippen molar-refractivity contribution < 1.29 is 19.1 Å². The van der Waals surface area contributed by atoms with Crippen LogP contribution in [0, 0.1) is 20.8 Å². The Morgan fingerprint density at radius 2 is 1.72 bits per heavy atom. The van der Waals surface area contributed by atoms with Gasteiger partial charge < -0.3 is 15.0 Å². The molecule has 0 saturated heterocycles. The van der Waals surface area contributed by atoms with Crippen molar-refractivity contribution in [2.24, 2.45) is 5.73 Å². The molecular formula is C18H21N3O4. The van der Waals surface area contributed by atoms with E-state index >= 15 is 0 Å². The lowest BCUT2D eigenvalue weighted by Gasteiger charge is -2.13. The zero-order valence-corrected chi connectivity index (χ0v) is 14.6. The van der Waals surface area contributed by atoms with Crippen molar-refractivity contribution >= 4 is 17.9 Å². The Hall–Kier alpha value is -3.09. The van der Waals surface area contributed by atoms with E-state index in [-0.39, 0.29) is 0 Å². The van der Waals surface area contributed by atoms with Crippen molar-refractivity contribution in [3.63, 3.8) is 0 Å². The molecule has 1 atom stereocenters. The van der Waals surface area contributed by atoms with E-state index in [1.165, 1.54) is 6.92 Å². The molecule has 0 aliphatic heterocycles. The summed E-state index contributed by atoms with van der Waals surface area (Å²) in [5.74, 6) is -1.41. The lowest BCUT2D eigenvalue weighted by Crippen LogP contribution is -2.42. The molecule has 0 fully saturated rings. The third kappa shape index (κ3) is 4.06. The highest BCUT2D eigenvalue weighted by Gasteiger charge is 2.23. The third-order valence-corrected chi connectivity index (χ3v) is 3.84. The molecule has 7 heteroatoms. The average molecular weight is 343 g/mol. The number of urea groups is 1. The molecule has 0 radical (unpaired) electrons. The molecule has 0 spiro atoms. The number of imide groups is 1. The molecule has 1 heterocycles. The second kappa shape index (κ2) is 7.21. The van der Waals surface area contributed by atoms with Gasteiger partial charge in [-0.05, 0) is 45.9 Å². The van der Waals surface area contributed by atoms with E-state index in [1.807, 2.05) is 48.0 Å². The molecule has 25 heavy (non-hydrogen) atoms. The lowest BCUT2D eigenvalue weighted by molar-refractivity contribution is -0.127. The molecule has 2 aromatic rings. The van der Waals surface area contributed by atoms with Crippen LogP contribution in [0.25, 0.3) is 5.69 Å². The summed E-state index contributed by atoms with van der Waals surface area (Å²) in [5.41, 5.74) is 8.87. The minimum absolute atomic E-state index is 0.358. The van der Waals surface area contributed by atoms with Crippen molar-refractivity contribution in [3.05, 3.63) is 52.8 Å². The standard InChI is InChI=1S/C18H21N3O4/c1-10-5-7-14(8-6-10)21-11(2)9-15(12(21)3)17(23)25-13(4)16(22)20-18(19)24/h5-9,13H,1-4H3,(H3,19,20,22,24)/t13-/m0/s1. The summed E-state index contributed by atoms with van der Waals surface area (Å²) in [6.07, 6.45) is -1.14. The molecule has 1 aromatic heterocycles. The van der Waals surface area contributed by atoms with Crippen LogP contribution in [0.5, 0.6) is 0 Å². The maximum Gasteiger partial charge on any atom is 0.340 e. The van der Waals surface area contributed by atoms with Gasteiger partial charge in [-0.2, -0.15) is 0 Å². The monoisotopic (exact) mass is 343 g/mol. The SMILES string of the molecule is Cc1ccc(-n2c(C)cc(C(=O)O[C@@H](C)C(=O)NC(N)=O)c2C)cc1. The highest BCUT2D eigenvalue weighted by Crippen LogP contribution is 2.22. The maximum atomic E-state index is 12.4. The minimum Gasteiger partial charge on any atom is -0.449 e. The van der Waals surface area contributed by atoms with Gasteiger partial charge in [0, 0.05) is 17.1 Å². The highest BCUT2D eigenvalue weighted by molar-refractivity contribution is 5.98. The number of nitrogens with one attached hydrogen (secondary N) is 1. The van der Waals surface area contributed by atoms with Crippen LogP contribution in [-0.2, 0) is 9.53 Å². The van der Waals surface area contributed by atoms with E-state index in [1.54, 1.807) is 13.0 Å². The third-order valence-electron chi connectivity index (χ3n) is 3.84. The van der Waals surface area contributed by atoms with Gasteiger partial charge in [-0.25, -0.2) is 9.59 Å². The summed E-state index contributed by atoms with van der Waals surface area (Å²) in [7, 11) is 0. The van der Waals surface area contributed by atoms with Crippen LogP contribution in [0.3, 0.4) is 0 Å². The van der Waals surface area contributed by atoms with Gasteiger partial charge in [-0.15, -0.1) is 0 Å². The van der Waals surface area contributed by atoms with E-state index in [0.717, 1.165) is 16.9 Å². The summed E-state index contributed by atoms with van der Waals surface area (Å²) >= 11 is 0. The molecule has 0 saturated carbocycles. The number of esters is 1. The molecular weight excluding hydrogens is 322 g/mol. The highest BCUT2D eigenvalue weighted by atomic mass is 16.5. The van der Waals surface area contributed by atoms with Gasteiger partial charge in [0.05, 0.1) is 5.56 Å². The molecule has 3 amide bonds. The van der Waals surface area contributed by atoms with E-state index in [9.17, 15) is 14.4 Å². The summed E-state index contributed by atoms with van der Waals surface area (Å²) in [6.45, 7) is 7.06. The lowest BCUT2D eigenvalue weighted by atomic mass is 10.2. The van der Waals surface area contributed by atoms with Crippen LogP contribution < -0.4 is 11.1 Å². The zero-order valence-electron chi connectivity index (χ0n) is 14.6. The summed E-state index contributed by atoms with van der Waals surface area (Å²) in [4.78, 5) is 34.7. The smallest absolute Gasteiger partial charge is 0.340 e. The second-order valence-corrected chi connectivity index (χ2v) is 5.86. The first-order valence-corrected chi connectivity index (χ1v) is 7.78. The van der Waals surface area contributed by atoms with Crippen molar-refractivity contribution in [2.45, 2.75) is 33.8 Å². The Bertz CT molecular complexity index is 822. The van der Waals surface area contributed by atoms with Gasteiger partial charge in [0.2, 0.25) is 0 Å². The number of aryl methyl sites for hydroxylation is 2. The number of benzene rings is 1. The molecule has 0 unspecified atom stereocenters. The second-order valence-electron chi connectivity index (χ2n) is 5.86. The number of hydrogen-bond donors (Lipinski definition) is 2. The fraction of sp³-hybridized carbons (Fsp3) is 0.278.